The third-order valence-corrected chi connectivity index (χ3v) is 2.18. The summed E-state index contributed by atoms with van der Waals surface area (Å²) in [6.45, 7) is 1.24. The SMILES string of the molecule is CC(N)C(Oc1cncc(Br)c1)C(F)(F)F. The van der Waals surface area contributed by atoms with Gasteiger partial charge in [0.1, 0.15) is 5.75 Å². The first kappa shape index (κ1) is 13.2. The molecule has 0 amide bonds. The number of alkyl halides is 3. The van der Waals surface area contributed by atoms with E-state index in [1.807, 2.05) is 0 Å². The van der Waals surface area contributed by atoms with Gasteiger partial charge in [-0.3, -0.25) is 4.98 Å². The minimum absolute atomic E-state index is 0.0222. The topological polar surface area (TPSA) is 48.1 Å². The van der Waals surface area contributed by atoms with Crippen LogP contribution in [-0.2, 0) is 0 Å². The molecule has 90 valence electrons. The molecule has 3 nitrogen and oxygen atoms in total. The maximum Gasteiger partial charge on any atom is 0.426 e. The molecule has 7 heteroatoms. The second-order valence-electron chi connectivity index (χ2n) is 3.28. The van der Waals surface area contributed by atoms with E-state index in [4.69, 9.17) is 10.5 Å². The van der Waals surface area contributed by atoms with Crippen molar-refractivity contribution in [1.82, 2.24) is 4.98 Å². The summed E-state index contributed by atoms with van der Waals surface area (Å²) in [5.74, 6) is 0.0222. The van der Waals surface area contributed by atoms with E-state index in [1.54, 1.807) is 0 Å². The van der Waals surface area contributed by atoms with Crippen LogP contribution in [0.25, 0.3) is 0 Å². The molecule has 2 N–H and O–H groups in total. The van der Waals surface area contributed by atoms with Gasteiger partial charge in [0.2, 0.25) is 6.10 Å². The predicted molar refractivity (Wildman–Crippen MR) is 56.1 cm³/mol. The fraction of sp³-hybridized carbons (Fsp3) is 0.444. The zero-order valence-electron chi connectivity index (χ0n) is 8.33. The van der Waals surface area contributed by atoms with Gasteiger partial charge in [0.15, 0.2) is 0 Å². The third kappa shape index (κ3) is 3.64. The van der Waals surface area contributed by atoms with Crippen LogP contribution in [0.3, 0.4) is 0 Å². The second-order valence-corrected chi connectivity index (χ2v) is 4.19. The molecule has 1 heterocycles. The van der Waals surface area contributed by atoms with Gasteiger partial charge in [-0.25, -0.2) is 0 Å². The summed E-state index contributed by atoms with van der Waals surface area (Å²) in [5, 5.41) is 0. The molecule has 1 aromatic rings. The Balaban J connectivity index is 2.84. The number of aromatic nitrogens is 1. The van der Waals surface area contributed by atoms with Crippen LogP contribution in [0.15, 0.2) is 22.9 Å². The normalized spacial score (nSPS) is 15.6. The standard InChI is InChI=1S/C9H10BrF3N2O/c1-5(14)8(9(11,12)13)16-7-2-6(10)3-15-4-7/h2-5,8H,14H2,1H3. The Morgan fingerprint density at radius 2 is 2.06 bits per heavy atom. The van der Waals surface area contributed by atoms with Gasteiger partial charge in [-0.2, -0.15) is 13.2 Å². The Bertz CT molecular complexity index is 357. The summed E-state index contributed by atoms with van der Waals surface area (Å²) in [7, 11) is 0. The fourth-order valence-corrected chi connectivity index (χ4v) is 1.42. The lowest BCUT2D eigenvalue weighted by molar-refractivity contribution is -0.199. The predicted octanol–water partition coefficient (Wildman–Crippen LogP) is 2.50. The summed E-state index contributed by atoms with van der Waals surface area (Å²) in [6, 6.07) is 0.243. The minimum Gasteiger partial charge on any atom is -0.478 e. The van der Waals surface area contributed by atoms with E-state index in [0.717, 1.165) is 0 Å². The quantitative estimate of drug-likeness (QED) is 0.933. The Labute approximate surface area is 98.9 Å². The van der Waals surface area contributed by atoms with Crippen LogP contribution in [0.2, 0.25) is 0 Å². The largest absolute Gasteiger partial charge is 0.478 e. The zero-order valence-corrected chi connectivity index (χ0v) is 9.92. The number of pyridine rings is 1. The number of ether oxygens (including phenoxy) is 1. The summed E-state index contributed by atoms with van der Waals surface area (Å²) >= 11 is 3.08. The van der Waals surface area contributed by atoms with E-state index < -0.39 is 18.3 Å². The molecule has 0 bridgehead atoms. The van der Waals surface area contributed by atoms with Gasteiger partial charge in [-0.05, 0) is 28.9 Å². The molecular formula is C9H10BrF3N2O. The highest BCUT2D eigenvalue weighted by molar-refractivity contribution is 9.10. The minimum atomic E-state index is -4.50. The first-order valence-corrected chi connectivity index (χ1v) is 5.19. The van der Waals surface area contributed by atoms with Crippen LogP contribution in [-0.4, -0.2) is 23.3 Å². The van der Waals surface area contributed by atoms with Gasteiger partial charge in [0, 0.05) is 16.7 Å². The first-order chi connectivity index (χ1) is 7.30. The molecule has 1 rings (SSSR count). The smallest absolute Gasteiger partial charge is 0.426 e. The highest BCUT2D eigenvalue weighted by atomic mass is 79.9. The molecule has 2 unspecified atom stereocenters. The molecular weight excluding hydrogens is 289 g/mol. The average Bonchev–Trinajstić information content (AvgIpc) is 2.12. The molecule has 0 saturated heterocycles. The molecule has 0 spiro atoms. The molecule has 0 aliphatic rings. The zero-order chi connectivity index (χ0) is 12.3. The van der Waals surface area contributed by atoms with Gasteiger partial charge in [0.05, 0.1) is 6.20 Å². The van der Waals surface area contributed by atoms with Crippen LogP contribution in [0.4, 0.5) is 13.2 Å². The van der Waals surface area contributed by atoms with Crippen molar-refractivity contribution >= 4 is 15.9 Å². The van der Waals surface area contributed by atoms with E-state index in [9.17, 15) is 13.2 Å². The lowest BCUT2D eigenvalue weighted by atomic mass is 10.2. The van der Waals surface area contributed by atoms with Crippen molar-refractivity contribution in [2.45, 2.75) is 25.2 Å². The molecule has 0 radical (unpaired) electrons. The number of halogens is 4. The van der Waals surface area contributed by atoms with Crippen LogP contribution in [0.1, 0.15) is 6.92 Å². The Hall–Kier alpha value is -0.820. The number of nitrogens with two attached hydrogens (primary N) is 1. The molecule has 16 heavy (non-hydrogen) atoms. The van der Waals surface area contributed by atoms with E-state index in [2.05, 4.69) is 20.9 Å². The number of nitrogens with zero attached hydrogens (tertiary/aromatic N) is 1. The van der Waals surface area contributed by atoms with Crippen LogP contribution in [0.5, 0.6) is 5.75 Å². The third-order valence-electron chi connectivity index (χ3n) is 1.74. The molecule has 0 aromatic carbocycles. The van der Waals surface area contributed by atoms with Crippen molar-refractivity contribution in [2.75, 3.05) is 0 Å². The molecule has 0 saturated carbocycles. The molecule has 2 atom stereocenters. The maximum absolute atomic E-state index is 12.5. The van der Waals surface area contributed by atoms with Gasteiger partial charge < -0.3 is 10.5 Å². The van der Waals surface area contributed by atoms with Crippen LogP contribution in [0, 0.1) is 0 Å². The molecule has 0 aliphatic heterocycles. The first-order valence-electron chi connectivity index (χ1n) is 4.40. The fourth-order valence-electron chi connectivity index (χ4n) is 1.08. The Kier molecular flexibility index (Phi) is 4.15. The van der Waals surface area contributed by atoms with Crippen molar-refractivity contribution in [2.24, 2.45) is 5.73 Å². The van der Waals surface area contributed by atoms with Gasteiger partial charge in [-0.15, -0.1) is 0 Å². The maximum atomic E-state index is 12.5. The van der Waals surface area contributed by atoms with Gasteiger partial charge in [-0.1, -0.05) is 0 Å². The highest BCUT2D eigenvalue weighted by Gasteiger charge is 2.44. The second kappa shape index (κ2) is 5.01. The number of hydrogen-bond acceptors (Lipinski definition) is 3. The van der Waals surface area contributed by atoms with Gasteiger partial charge in [0.25, 0.3) is 0 Å². The highest BCUT2D eigenvalue weighted by Crippen LogP contribution is 2.27. The molecule has 0 aliphatic carbocycles. The van der Waals surface area contributed by atoms with Crippen molar-refractivity contribution in [3.8, 4) is 5.75 Å². The summed E-state index contributed by atoms with van der Waals surface area (Å²) < 4.78 is 42.9. The van der Waals surface area contributed by atoms with Crippen LogP contribution >= 0.6 is 15.9 Å². The van der Waals surface area contributed by atoms with Crippen LogP contribution < -0.4 is 10.5 Å². The van der Waals surface area contributed by atoms with Crippen molar-refractivity contribution in [1.29, 1.82) is 0 Å². The van der Waals surface area contributed by atoms with E-state index in [0.29, 0.717) is 4.47 Å². The van der Waals surface area contributed by atoms with E-state index >= 15 is 0 Å². The van der Waals surface area contributed by atoms with E-state index in [-0.39, 0.29) is 5.75 Å². The lowest BCUT2D eigenvalue weighted by Crippen LogP contribution is -2.47. The number of rotatable bonds is 3. The Morgan fingerprint density at radius 3 is 2.50 bits per heavy atom. The van der Waals surface area contributed by atoms with E-state index in [1.165, 1.54) is 25.4 Å². The summed E-state index contributed by atoms with van der Waals surface area (Å²) in [4.78, 5) is 3.70. The molecule has 0 fully saturated rings. The van der Waals surface area contributed by atoms with Crippen molar-refractivity contribution < 1.29 is 17.9 Å². The number of hydrogen-bond donors (Lipinski definition) is 1. The summed E-state index contributed by atoms with van der Waals surface area (Å²) in [5.41, 5.74) is 5.23. The summed E-state index contributed by atoms with van der Waals surface area (Å²) in [6.07, 6.45) is -3.90. The van der Waals surface area contributed by atoms with Crippen molar-refractivity contribution in [3.63, 3.8) is 0 Å². The monoisotopic (exact) mass is 298 g/mol. The molecule has 1 aromatic heterocycles. The van der Waals surface area contributed by atoms with Crippen molar-refractivity contribution in [3.05, 3.63) is 22.9 Å². The Morgan fingerprint density at radius 1 is 1.44 bits per heavy atom. The van der Waals surface area contributed by atoms with Gasteiger partial charge >= 0.3 is 6.18 Å². The average molecular weight is 299 g/mol. The lowest BCUT2D eigenvalue weighted by Gasteiger charge is -2.24.